The molecule has 0 aromatic heterocycles. The Kier molecular flexibility index (Phi) is 5.47. The maximum absolute atomic E-state index is 13.3. The maximum atomic E-state index is 13.3. The first-order valence-corrected chi connectivity index (χ1v) is 9.19. The molecule has 0 unspecified atom stereocenters. The Labute approximate surface area is 152 Å². The van der Waals surface area contributed by atoms with Crippen LogP contribution in [0.4, 0.5) is 9.18 Å². The lowest BCUT2D eigenvalue weighted by atomic mass is 10.0. The standard InChI is InChI=1S/C18H23ClFN3O2/c1-2-7-22-10-11-23(18(22)25)14-5-8-21(9-6-14)17(24)13-3-4-16(20)15(19)12-13/h3-4,12,14H,2,5-11H2,1H3. The highest BCUT2D eigenvalue weighted by atomic mass is 35.5. The first kappa shape index (κ1) is 18.0. The quantitative estimate of drug-likeness (QED) is 0.820. The average Bonchev–Trinajstić information content (AvgIpc) is 2.98. The van der Waals surface area contributed by atoms with Crippen molar-refractivity contribution >= 4 is 23.5 Å². The zero-order valence-corrected chi connectivity index (χ0v) is 15.1. The minimum absolute atomic E-state index is 0.0422. The number of benzene rings is 1. The third kappa shape index (κ3) is 3.73. The number of nitrogens with zero attached hydrogens (tertiary/aromatic N) is 3. The van der Waals surface area contributed by atoms with E-state index in [0.717, 1.165) is 38.9 Å². The third-order valence-corrected chi connectivity index (χ3v) is 5.27. The Balaban J connectivity index is 1.57. The molecule has 1 aromatic carbocycles. The molecule has 25 heavy (non-hydrogen) atoms. The normalized spacial score (nSPS) is 19.0. The monoisotopic (exact) mass is 367 g/mol. The second-order valence-electron chi connectivity index (χ2n) is 6.62. The van der Waals surface area contributed by atoms with Gasteiger partial charge in [0.2, 0.25) is 0 Å². The molecule has 2 saturated heterocycles. The largest absolute Gasteiger partial charge is 0.338 e. The van der Waals surface area contributed by atoms with E-state index in [1.807, 2.05) is 9.80 Å². The zero-order chi connectivity index (χ0) is 18.0. The summed E-state index contributed by atoms with van der Waals surface area (Å²) in [6.07, 6.45) is 2.51. The molecule has 0 spiro atoms. The van der Waals surface area contributed by atoms with Gasteiger partial charge in [-0.25, -0.2) is 9.18 Å². The van der Waals surface area contributed by atoms with E-state index < -0.39 is 5.82 Å². The van der Waals surface area contributed by atoms with Crippen molar-refractivity contribution in [1.82, 2.24) is 14.7 Å². The fourth-order valence-corrected chi connectivity index (χ4v) is 3.79. The summed E-state index contributed by atoms with van der Waals surface area (Å²) in [5, 5.41) is -0.0422. The van der Waals surface area contributed by atoms with Crippen molar-refractivity contribution in [3.05, 3.63) is 34.6 Å². The number of hydrogen-bond acceptors (Lipinski definition) is 2. The minimum Gasteiger partial charge on any atom is -0.338 e. The van der Waals surface area contributed by atoms with E-state index in [2.05, 4.69) is 6.92 Å². The lowest BCUT2D eigenvalue weighted by Crippen LogP contribution is -2.48. The molecule has 3 amide bonds. The SMILES string of the molecule is CCCN1CCN(C2CCN(C(=O)c3ccc(F)c(Cl)c3)CC2)C1=O. The molecule has 0 bridgehead atoms. The maximum Gasteiger partial charge on any atom is 0.320 e. The molecular weight excluding hydrogens is 345 g/mol. The van der Waals surface area contributed by atoms with Gasteiger partial charge < -0.3 is 14.7 Å². The summed E-state index contributed by atoms with van der Waals surface area (Å²) in [5.74, 6) is -0.665. The van der Waals surface area contributed by atoms with E-state index in [4.69, 9.17) is 11.6 Å². The lowest BCUT2D eigenvalue weighted by molar-refractivity contribution is 0.0663. The van der Waals surface area contributed by atoms with Crippen LogP contribution < -0.4 is 0 Å². The number of likely N-dealkylation sites (tertiary alicyclic amines) is 1. The topological polar surface area (TPSA) is 43.9 Å². The molecule has 2 aliphatic heterocycles. The van der Waals surface area contributed by atoms with E-state index in [1.165, 1.54) is 18.2 Å². The summed E-state index contributed by atoms with van der Waals surface area (Å²) in [4.78, 5) is 30.6. The molecule has 7 heteroatoms. The predicted octanol–water partition coefficient (Wildman–Crippen LogP) is 3.23. The van der Waals surface area contributed by atoms with E-state index >= 15 is 0 Å². The molecule has 0 aliphatic carbocycles. The second kappa shape index (κ2) is 7.60. The van der Waals surface area contributed by atoms with Gasteiger partial charge in [-0.05, 0) is 37.5 Å². The molecule has 1 aromatic rings. The highest BCUT2D eigenvalue weighted by Gasteiger charge is 2.35. The molecule has 136 valence electrons. The van der Waals surface area contributed by atoms with Crippen LogP contribution in [0.15, 0.2) is 18.2 Å². The van der Waals surface area contributed by atoms with Crippen molar-refractivity contribution in [1.29, 1.82) is 0 Å². The molecule has 0 saturated carbocycles. The van der Waals surface area contributed by atoms with Crippen molar-refractivity contribution in [3.8, 4) is 0 Å². The van der Waals surface area contributed by atoms with Gasteiger partial charge in [-0.2, -0.15) is 0 Å². The van der Waals surface area contributed by atoms with Crippen LogP contribution in [-0.2, 0) is 0 Å². The van der Waals surface area contributed by atoms with Crippen LogP contribution in [-0.4, -0.2) is 65.4 Å². The van der Waals surface area contributed by atoms with Crippen molar-refractivity contribution < 1.29 is 14.0 Å². The fraction of sp³-hybridized carbons (Fsp3) is 0.556. The number of amides is 3. The first-order valence-electron chi connectivity index (χ1n) is 8.81. The third-order valence-electron chi connectivity index (χ3n) is 4.98. The first-order chi connectivity index (χ1) is 12.0. The highest BCUT2D eigenvalue weighted by molar-refractivity contribution is 6.31. The molecule has 2 fully saturated rings. The summed E-state index contributed by atoms with van der Waals surface area (Å²) in [7, 11) is 0. The van der Waals surface area contributed by atoms with Gasteiger partial charge in [-0.3, -0.25) is 4.79 Å². The van der Waals surface area contributed by atoms with Gasteiger partial charge in [-0.1, -0.05) is 18.5 Å². The van der Waals surface area contributed by atoms with Crippen LogP contribution in [0.3, 0.4) is 0 Å². The Morgan fingerprint density at radius 3 is 2.60 bits per heavy atom. The van der Waals surface area contributed by atoms with Crippen molar-refractivity contribution in [2.75, 3.05) is 32.7 Å². The summed E-state index contributed by atoms with van der Waals surface area (Å²) in [5.41, 5.74) is 0.399. The average molecular weight is 368 g/mol. The number of piperidine rings is 1. The number of hydrogen-bond donors (Lipinski definition) is 0. The van der Waals surface area contributed by atoms with E-state index in [0.29, 0.717) is 18.7 Å². The molecule has 5 nitrogen and oxygen atoms in total. The van der Waals surface area contributed by atoms with Crippen LogP contribution in [0.5, 0.6) is 0 Å². The predicted molar refractivity (Wildman–Crippen MR) is 94.3 cm³/mol. The van der Waals surface area contributed by atoms with Gasteiger partial charge in [-0.15, -0.1) is 0 Å². The summed E-state index contributed by atoms with van der Waals surface area (Å²) in [6.45, 7) is 5.62. The fourth-order valence-electron chi connectivity index (χ4n) is 3.61. The number of carbonyl (C=O) groups excluding carboxylic acids is 2. The number of halogens is 2. The molecule has 3 rings (SSSR count). The van der Waals surface area contributed by atoms with Gasteiger partial charge >= 0.3 is 6.03 Å². The van der Waals surface area contributed by atoms with Crippen molar-refractivity contribution in [2.45, 2.75) is 32.2 Å². The summed E-state index contributed by atoms with van der Waals surface area (Å²) < 4.78 is 13.3. The molecule has 0 atom stereocenters. The van der Waals surface area contributed by atoms with E-state index in [9.17, 15) is 14.0 Å². The van der Waals surface area contributed by atoms with Crippen LogP contribution in [0.1, 0.15) is 36.5 Å². The smallest absolute Gasteiger partial charge is 0.320 e. The minimum atomic E-state index is -0.527. The van der Waals surface area contributed by atoms with Crippen LogP contribution in [0.25, 0.3) is 0 Å². The summed E-state index contributed by atoms with van der Waals surface area (Å²) >= 11 is 5.77. The number of urea groups is 1. The van der Waals surface area contributed by atoms with E-state index in [-0.39, 0.29) is 23.0 Å². The van der Waals surface area contributed by atoms with E-state index in [1.54, 1.807) is 4.90 Å². The number of rotatable bonds is 4. The lowest BCUT2D eigenvalue weighted by Gasteiger charge is -2.36. The van der Waals surface area contributed by atoms with Crippen molar-refractivity contribution in [3.63, 3.8) is 0 Å². The molecule has 0 N–H and O–H groups in total. The van der Waals surface area contributed by atoms with Gasteiger partial charge in [0.15, 0.2) is 0 Å². The van der Waals surface area contributed by atoms with Gasteiger partial charge in [0, 0.05) is 44.3 Å². The molecule has 2 heterocycles. The molecule has 0 radical (unpaired) electrons. The number of carbonyl (C=O) groups is 2. The highest BCUT2D eigenvalue weighted by Crippen LogP contribution is 2.23. The Morgan fingerprint density at radius 2 is 1.96 bits per heavy atom. The summed E-state index contributed by atoms with van der Waals surface area (Å²) in [6, 6.07) is 4.36. The van der Waals surface area contributed by atoms with Crippen LogP contribution in [0.2, 0.25) is 5.02 Å². The van der Waals surface area contributed by atoms with Gasteiger partial charge in [0.25, 0.3) is 5.91 Å². The van der Waals surface area contributed by atoms with Gasteiger partial charge in [0.05, 0.1) is 5.02 Å². The second-order valence-corrected chi connectivity index (χ2v) is 7.02. The Hall–Kier alpha value is -1.82. The van der Waals surface area contributed by atoms with Gasteiger partial charge in [0.1, 0.15) is 5.82 Å². The molecular formula is C18H23ClFN3O2. The van der Waals surface area contributed by atoms with Crippen LogP contribution >= 0.6 is 11.6 Å². The zero-order valence-electron chi connectivity index (χ0n) is 14.4. The Bertz CT molecular complexity index is 662. The van der Waals surface area contributed by atoms with Crippen LogP contribution in [0, 0.1) is 5.82 Å². The van der Waals surface area contributed by atoms with Crippen molar-refractivity contribution in [2.24, 2.45) is 0 Å². The molecule has 2 aliphatic rings. The Morgan fingerprint density at radius 1 is 1.24 bits per heavy atom.